The van der Waals surface area contributed by atoms with E-state index in [-0.39, 0.29) is 0 Å². The van der Waals surface area contributed by atoms with Crippen LogP contribution in [-0.4, -0.2) is 27.0 Å². The van der Waals surface area contributed by atoms with Crippen LogP contribution in [-0.2, 0) is 13.6 Å². The third kappa shape index (κ3) is 4.26. The number of nitrogens with one attached hydrogen (secondary N) is 1. The first kappa shape index (κ1) is 15.5. The van der Waals surface area contributed by atoms with Crippen LogP contribution >= 0.6 is 11.6 Å². The zero-order valence-electron chi connectivity index (χ0n) is 11.9. The summed E-state index contributed by atoms with van der Waals surface area (Å²) in [5.41, 5.74) is 1.10. The lowest BCUT2D eigenvalue weighted by atomic mass is 9.94. The van der Waals surface area contributed by atoms with Gasteiger partial charge in [0.25, 0.3) is 0 Å². The monoisotopic (exact) mass is 273 g/mol. The summed E-state index contributed by atoms with van der Waals surface area (Å²) in [6, 6.07) is 0. The maximum absolute atomic E-state index is 10.2. The van der Waals surface area contributed by atoms with E-state index in [1.54, 1.807) is 4.68 Å². The van der Waals surface area contributed by atoms with Gasteiger partial charge in [-0.25, -0.2) is 0 Å². The Morgan fingerprint density at radius 2 is 2.11 bits per heavy atom. The molecule has 1 atom stereocenters. The topological polar surface area (TPSA) is 50.1 Å². The SMILES string of the molecule is Cc1nn(C)c(CNCC(C)(O)CC(C)C)c1Cl. The van der Waals surface area contributed by atoms with Gasteiger partial charge in [-0.1, -0.05) is 25.4 Å². The van der Waals surface area contributed by atoms with Crippen molar-refractivity contribution < 1.29 is 5.11 Å². The number of rotatable bonds is 6. The molecule has 5 heteroatoms. The standard InChI is InChI=1S/C13H24ClN3O/c1-9(2)6-13(4,18)8-15-7-11-12(14)10(3)16-17(11)5/h9,15,18H,6-8H2,1-5H3. The van der Waals surface area contributed by atoms with Crippen molar-refractivity contribution in [2.24, 2.45) is 13.0 Å². The third-order valence-corrected chi connectivity index (χ3v) is 3.40. The second kappa shape index (κ2) is 6.04. The van der Waals surface area contributed by atoms with Crippen molar-refractivity contribution in [2.75, 3.05) is 6.54 Å². The van der Waals surface area contributed by atoms with Crippen LogP contribution < -0.4 is 5.32 Å². The van der Waals surface area contributed by atoms with E-state index in [1.807, 2.05) is 20.9 Å². The predicted octanol–water partition coefficient (Wildman–Crippen LogP) is 2.27. The van der Waals surface area contributed by atoms with Gasteiger partial charge in [-0.05, 0) is 26.2 Å². The van der Waals surface area contributed by atoms with Gasteiger partial charge in [-0.2, -0.15) is 5.10 Å². The maximum atomic E-state index is 10.2. The van der Waals surface area contributed by atoms with Crippen molar-refractivity contribution in [3.63, 3.8) is 0 Å². The summed E-state index contributed by atoms with van der Waals surface area (Å²) in [7, 11) is 1.88. The molecule has 1 aromatic heterocycles. The molecule has 0 saturated heterocycles. The van der Waals surface area contributed by atoms with Crippen LogP contribution in [0.25, 0.3) is 0 Å². The molecule has 2 N–H and O–H groups in total. The molecule has 0 saturated carbocycles. The molecule has 1 rings (SSSR count). The first-order chi connectivity index (χ1) is 8.23. The lowest BCUT2D eigenvalue weighted by Gasteiger charge is -2.25. The fraction of sp³-hybridized carbons (Fsp3) is 0.769. The first-order valence-electron chi connectivity index (χ1n) is 6.34. The summed E-state index contributed by atoms with van der Waals surface area (Å²) in [5.74, 6) is 0.476. The van der Waals surface area contributed by atoms with E-state index in [4.69, 9.17) is 11.6 Å². The lowest BCUT2D eigenvalue weighted by molar-refractivity contribution is 0.0382. The highest BCUT2D eigenvalue weighted by molar-refractivity contribution is 6.31. The third-order valence-electron chi connectivity index (χ3n) is 2.91. The van der Waals surface area contributed by atoms with E-state index < -0.39 is 5.60 Å². The molecule has 0 aliphatic heterocycles. The molecule has 0 fully saturated rings. The highest BCUT2D eigenvalue weighted by Crippen LogP contribution is 2.20. The number of hydrogen-bond donors (Lipinski definition) is 2. The molecule has 4 nitrogen and oxygen atoms in total. The summed E-state index contributed by atoms with van der Waals surface area (Å²) in [6.07, 6.45) is 0.776. The highest BCUT2D eigenvalue weighted by atomic mass is 35.5. The molecule has 0 aromatic carbocycles. The summed E-state index contributed by atoms with van der Waals surface area (Å²) in [4.78, 5) is 0. The Bertz CT molecular complexity index is 399. The predicted molar refractivity (Wildman–Crippen MR) is 74.7 cm³/mol. The fourth-order valence-electron chi connectivity index (χ4n) is 2.27. The molecule has 104 valence electrons. The van der Waals surface area contributed by atoms with Gasteiger partial charge in [-0.3, -0.25) is 4.68 Å². The zero-order chi connectivity index (χ0) is 13.9. The second-order valence-corrected chi connectivity index (χ2v) is 6.05. The quantitative estimate of drug-likeness (QED) is 0.836. The minimum Gasteiger partial charge on any atom is -0.389 e. The Hall–Kier alpha value is -0.580. The average molecular weight is 274 g/mol. The Kier molecular flexibility index (Phi) is 5.20. The minimum atomic E-state index is -0.686. The van der Waals surface area contributed by atoms with Crippen LogP contribution in [0.15, 0.2) is 0 Å². The summed E-state index contributed by atoms with van der Waals surface area (Å²) < 4.78 is 1.78. The second-order valence-electron chi connectivity index (χ2n) is 5.67. The van der Waals surface area contributed by atoms with Crippen molar-refractivity contribution in [2.45, 2.75) is 46.3 Å². The lowest BCUT2D eigenvalue weighted by Crippen LogP contribution is -2.38. The fourth-order valence-corrected chi connectivity index (χ4v) is 2.50. The molecule has 0 spiro atoms. The van der Waals surface area contributed by atoms with Crippen LogP contribution in [0, 0.1) is 12.8 Å². The number of aromatic nitrogens is 2. The molecule has 0 aliphatic carbocycles. The molecular formula is C13H24ClN3O. The Morgan fingerprint density at radius 1 is 1.50 bits per heavy atom. The molecule has 0 radical (unpaired) electrons. The van der Waals surface area contributed by atoms with Crippen LogP contribution in [0.2, 0.25) is 5.02 Å². The van der Waals surface area contributed by atoms with Crippen molar-refractivity contribution >= 4 is 11.6 Å². The van der Waals surface area contributed by atoms with E-state index in [2.05, 4.69) is 24.3 Å². The van der Waals surface area contributed by atoms with Crippen LogP contribution in [0.4, 0.5) is 0 Å². The molecule has 0 aliphatic rings. The van der Waals surface area contributed by atoms with Gasteiger partial charge in [0.2, 0.25) is 0 Å². The number of aryl methyl sites for hydroxylation is 2. The highest BCUT2D eigenvalue weighted by Gasteiger charge is 2.21. The molecule has 18 heavy (non-hydrogen) atoms. The average Bonchev–Trinajstić information content (AvgIpc) is 2.42. The van der Waals surface area contributed by atoms with Gasteiger partial charge >= 0.3 is 0 Å². The van der Waals surface area contributed by atoms with E-state index >= 15 is 0 Å². The van der Waals surface area contributed by atoms with Crippen LogP contribution in [0.1, 0.15) is 38.6 Å². The summed E-state index contributed by atoms with van der Waals surface area (Å²) >= 11 is 6.16. The van der Waals surface area contributed by atoms with Crippen molar-refractivity contribution in [1.82, 2.24) is 15.1 Å². The number of nitrogens with zero attached hydrogens (tertiary/aromatic N) is 2. The molecule has 0 amide bonds. The first-order valence-corrected chi connectivity index (χ1v) is 6.72. The van der Waals surface area contributed by atoms with Gasteiger partial charge < -0.3 is 10.4 Å². The van der Waals surface area contributed by atoms with Gasteiger partial charge in [0, 0.05) is 20.1 Å². The molecule has 1 heterocycles. The van der Waals surface area contributed by atoms with E-state index in [0.717, 1.165) is 17.8 Å². The molecular weight excluding hydrogens is 250 g/mol. The number of aliphatic hydroxyl groups is 1. The van der Waals surface area contributed by atoms with Gasteiger partial charge in [-0.15, -0.1) is 0 Å². The van der Waals surface area contributed by atoms with E-state index in [1.165, 1.54) is 0 Å². The van der Waals surface area contributed by atoms with E-state index in [9.17, 15) is 5.11 Å². The number of hydrogen-bond acceptors (Lipinski definition) is 3. The normalized spacial score (nSPS) is 15.1. The summed E-state index contributed by atoms with van der Waals surface area (Å²) in [5, 5.41) is 18.4. The minimum absolute atomic E-state index is 0.476. The Morgan fingerprint density at radius 3 is 2.56 bits per heavy atom. The molecule has 1 unspecified atom stereocenters. The van der Waals surface area contributed by atoms with Crippen molar-refractivity contribution in [3.8, 4) is 0 Å². The van der Waals surface area contributed by atoms with E-state index in [0.29, 0.717) is 24.0 Å². The number of halogens is 1. The molecule has 1 aromatic rings. The van der Waals surface area contributed by atoms with Crippen LogP contribution in [0.5, 0.6) is 0 Å². The summed E-state index contributed by atoms with van der Waals surface area (Å²) in [6.45, 7) is 9.12. The van der Waals surface area contributed by atoms with Crippen molar-refractivity contribution in [1.29, 1.82) is 0 Å². The van der Waals surface area contributed by atoms with Gasteiger partial charge in [0.05, 0.1) is 22.0 Å². The van der Waals surface area contributed by atoms with Gasteiger partial charge in [0.1, 0.15) is 0 Å². The zero-order valence-corrected chi connectivity index (χ0v) is 12.7. The van der Waals surface area contributed by atoms with Crippen molar-refractivity contribution in [3.05, 3.63) is 16.4 Å². The maximum Gasteiger partial charge on any atom is 0.0860 e. The largest absolute Gasteiger partial charge is 0.389 e. The van der Waals surface area contributed by atoms with Crippen LogP contribution in [0.3, 0.4) is 0 Å². The van der Waals surface area contributed by atoms with Gasteiger partial charge in [0.15, 0.2) is 0 Å². The Balaban J connectivity index is 2.51. The smallest absolute Gasteiger partial charge is 0.0860 e. The molecule has 0 bridgehead atoms. The Labute approximate surface area is 114 Å².